The molecule has 2 heterocycles. The summed E-state index contributed by atoms with van der Waals surface area (Å²) < 4.78 is 10.3. The first-order chi connectivity index (χ1) is 10.7. The largest absolute Gasteiger partial charge is 0.422 e. The van der Waals surface area contributed by atoms with Gasteiger partial charge in [0.1, 0.15) is 0 Å². The van der Waals surface area contributed by atoms with E-state index in [1.165, 1.54) is 0 Å². The summed E-state index contributed by atoms with van der Waals surface area (Å²) in [6, 6.07) is 7.81. The lowest BCUT2D eigenvalue weighted by molar-refractivity contribution is -0.123. The summed E-state index contributed by atoms with van der Waals surface area (Å²) in [6.45, 7) is 5.28. The Hall–Kier alpha value is -2.34. The third-order valence-electron chi connectivity index (χ3n) is 3.76. The van der Waals surface area contributed by atoms with Crippen molar-refractivity contribution in [3.63, 3.8) is 0 Å². The lowest BCUT2D eigenvalue weighted by Gasteiger charge is -2.28. The van der Waals surface area contributed by atoms with Gasteiger partial charge in [0.15, 0.2) is 5.76 Å². The van der Waals surface area contributed by atoms with Gasteiger partial charge in [-0.15, -0.1) is 0 Å². The Kier molecular flexibility index (Phi) is 4.11. The van der Waals surface area contributed by atoms with Crippen LogP contribution < -0.4 is 4.90 Å². The van der Waals surface area contributed by atoms with Crippen LogP contribution in [-0.2, 0) is 14.3 Å². The second-order valence-corrected chi connectivity index (χ2v) is 5.12. The Morgan fingerprint density at radius 1 is 1.14 bits per heavy atom. The average Bonchev–Trinajstić information content (AvgIpc) is 2.82. The van der Waals surface area contributed by atoms with Crippen molar-refractivity contribution in [1.29, 1.82) is 0 Å². The molecule has 0 bridgehead atoms. The van der Waals surface area contributed by atoms with Crippen LogP contribution in [0, 0.1) is 0 Å². The molecule has 2 amide bonds. The Balaban J connectivity index is 1.74. The highest BCUT2D eigenvalue weighted by molar-refractivity contribution is 6.09. The molecule has 116 valence electrons. The standard InChI is InChI=1S/C16H18N2O4/c1-2-18-15(19)14(22-16(18)20)11-12-3-5-13(6-4-12)17-7-9-21-10-8-17/h3-6,11H,2,7-10H2,1H3/b14-11+. The highest BCUT2D eigenvalue weighted by atomic mass is 16.6. The van der Waals surface area contributed by atoms with Crippen molar-refractivity contribution in [2.45, 2.75) is 6.92 Å². The maximum absolute atomic E-state index is 12.0. The fourth-order valence-corrected chi connectivity index (χ4v) is 2.53. The zero-order valence-corrected chi connectivity index (χ0v) is 12.4. The van der Waals surface area contributed by atoms with Crippen LogP contribution in [0.2, 0.25) is 0 Å². The van der Waals surface area contributed by atoms with Crippen molar-refractivity contribution < 1.29 is 19.1 Å². The van der Waals surface area contributed by atoms with Gasteiger partial charge in [-0.2, -0.15) is 0 Å². The molecule has 0 N–H and O–H groups in total. The van der Waals surface area contributed by atoms with E-state index in [0.29, 0.717) is 6.54 Å². The normalized spacial score (nSPS) is 20.7. The van der Waals surface area contributed by atoms with E-state index >= 15 is 0 Å². The minimum Gasteiger partial charge on any atom is -0.404 e. The number of imide groups is 1. The van der Waals surface area contributed by atoms with Gasteiger partial charge in [0.25, 0.3) is 5.91 Å². The monoisotopic (exact) mass is 302 g/mol. The number of carbonyl (C=O) groups is 2. The first-order valence-electron chi connectivity index (χ1n) is 7.37. The van der Waals surface area contributed by atoms with Crippen LogP contribution in [0.15, 0.2) is 30.0 Å². The van der Waals surface area contributed by atoms with E-state index in [4.69, 9.17) is 9.47 Å². The fraction of sp³-hybridized carbons (Fsp3) is 0.375. The van der Waals surface area contributed by atoms with Crippen LogP contribution in [0.1, 0.15) is 12.5 Å². The molecule has 0 atom stereocenters. The third-order valence-corrected chi connectivity index (χ3v) is 3.76. The molecule has 2 aliphatic heterocycles. The molecule has 0 aromatic heterocycles. The number of anilines is 1. The quantitative estimate of drug-likeness (QED) is 0.798. The van der Waals surface area contributed by atoms with Gasteiger partial charge in [-0.05, 0) is 30.7 Å². The predicted octanol–water partition coefficient (Wildman–Crippen LogP) is 1.86. The van der Waals surface area contributed by atoms with Crippen LogP contribution in [0.5, 0.6) is 0 Å². The van der Waals surface area contributed by atoms with Crippen molar-refractivity contribution >= 4 is 23.8 Å². The molecular weight excluding hydrogens is 284 g/mol. The summed E-state index contributed by atoms with van der Waals surface area (Å²) in [4.78, 5) is 26.8. The smallest absolute Gasteiger partial charge is 0.404 e. The van der Waals surface area contributed by atoms with Gasteiger partial charge in [-0.25, -0.2) is 9.69 Å². The number of morpholine rings is 1. The van der Waals surface area contributed by atoms with Crippen molar-refractivity contribution in [1.82, 2.24) is 4.90 Å². The average molecular weight is 302 g/mol. The van der Waals surface area contributed by atoms with Gasteiger partial charge in [0, 0.05) is 25.3 Å². The molecule has 22 heavy (non-hydrogen) atoms. The summed E-state index contributed by atoms with van der Waals surface area (Å²) in [5.41, 5.74) is 1.95. The highest BCUT2D eigenvalue weighted by Gasteiger charge is 2.35. The number of ether oxygens (including phenoxy) is 2. The summed E-state index contributed by atoms with van der Waals surface area (Å²) in [5, 5.41) is 0. The van der Waals surface area contributed by atoms with E-state index < -0.39 is 6.09 Å². The van der Waals surface area contributed by atoms with Crippen molar-refractivity contribution in [2.24, 2.45) is 0 Å². The summed E-state index contributed by atoms with van der Waals surface area (Å²) in [6.07, 6.45) is 0.989. The molecular formula is C16H18N2O4. The van der Waals surface area contributed by atoms with E-state index in [1.54, 1.807) is 13.0 Å². The molecule has 2 fully saturated rings. The lowest BCUT2D eigenvalue weighted by Crippen LogP contribution is -2.36. The SMILES string of the molecule is CCN1C(=O)O/C(=C/c2ccc(N3CCOCC3)cc2)C1=O. The van der Waals surface area contributed by atoms with Crippen LogP contribution in [-0.4, -0.2) is 49.7 Å². The number of benzene rings is 1. The maximum atomic E-state index is 12.0. The number of rotatable bonds is 3. The molecule has 0 aliphatic carbocycles. The van der Waals surface area contributed by atoms with Gasteiger partial charge in [0.2, 0.25) is 0 Å². The zero-order valence-electron chi connectivity index (χ0n) is 12.4. The highest BCUT2D eigenvalue weighted by Crippen LogP contribution is 2.21. The van der Waals surface area contributed by atoms with Gasteiger partial charge in [-0.3, -0.25) is 4.79 Å². The Morgan fingerprint density at radius 2 is 1.82 bits per heavy atom. The number of cyclic esters (lactones) is 1. The fourth-order valence-electron chi connectivity index (χ4n) is 2.53. The van der Waals surface area contributed by atoms with E-state index in [-0.39, 0.29) is 11.7 Å². The number of amides is 2. The second kappa shape index (κ2) is 6.19. The minimum absolute atomic E-state index is 0.0750. The Labute approximate surface area is 128 Å². The van der Waals surface area contributed by atoms with E-state index in [2.05, 4.69) is 4.90 Å². The zero-order chi connectivity index (χ0) is 15.5. The van der Waals surface area contributed by atoms with Crippen LogP contribution in [0.25, 0.3) is 6.08 Å². The number of likely N-dealkylation sites (N-methyl/N-ethyl adjacent to an activating group) is 1. The molecule has 6 heteroatoms. The molecule has 0 spiro atoms. The molecule has 2 saturated heterocycles. The van der Waals surface area contributed by atoms with Gasteiger partial charge in [-0.1, -0.05) is 12.1 Å². The first-order valence-corrected chi connectivity index (χ1v) is 7.37. The number of carbonyl (C=O) groups excluding carboxylic acids is 2. The number of hydrogen-bond acceptors (Lipinski definition) is 5. The lowest BCUT2D eigenvalue weighted by atomic mass is 10.1. The van der Waals surface area contributed by atoms with Gasteiger partial charge in [0.05, 0.1) is 13.2 Å². The van der Waals surface area contributed by atoms with Crippen molar-refractivity contribution in [2.75, 3.05) is 37.7 Å². The molecule has 1 aromatic carbocycles. The molecule has 2 aliphatic rings. The Bertz CT molecular complexity index is 603. The summed E-state index contributed by atoms with van der Waals surface area (Å²) >= 11 is 0. The molecule has 1 aromatic rings. The minimum atomic E-state index is -0.608. The van der Waals surface area contributed by atoms with Gasteiger partial charge >= 0.3 is 6.09 Å². The molecule has 0 unspecified atom stereocenters. The Morgan fingerprint density at radius 3 is 2.41 bits per heavy atom. The summed E-state index contributed by atoms with van der Waals surface area (Å²) in [5.74, 6) is -0.310. The van der Waals surface area contributed by atoms with Crippen molar-refractivity contribution in [3.8, 4) is 0 Å². The van der Waals surface area contributed by atoms with Crippen LogP contribution >= 0.6 is 0 Å². The van der Waals surface area contributed by atoms with E-state index in [0.717, 1.165) is 42.5 Å². The predicted molar refractivity (Wildman–Crippen MR) is 81.3 cm³/mol. The van der Waals surface area contributed by atoms with Gasteiger partial charge < -0.3 is 14.4 Å². The second-order valence-electron chi connectivity index (χ2n) is 5.12. The van der Waals surface area contributed by atoms with Crippen molar-refractivity contribution in [3.05, 3.63) is 35.6 Å². The first kappa shape index (κ1) is 14.6. The van der Waals surface area contributed by atoms with E-state index in [1.807, 2.05) is 24.3 Å². The van der Waals surface area contributed by atoms with Crippen LogP contribution in [0.4, 0.5) is 10.5 Å². The topological polar surface area (TPSA) is 59.1 Å². The number of nitrogens with zero attached hydrogens (tertiary/aromatic N) is 2. The number of hydrogen-bond donors (Lipinski definition) is 0. The third kappa shape index (κ3) is 2.82. The maximum Gasteiger partial charge on any atom is 0.422 e. The summed E-state index contributed by atoms with van der Waals surface area (Å²) in [7, 11) is 0. The molecule has 0 radical (unpaired) electrons. The van der Waals surface area contributed by atoms with E-state index in [9.17, 15) is 9.59 Å². The molecule has 3 rings (SSSR count). The molecule has 6 nitrogen and oxygen atoms in total. The molecule has 0 saturated carbocycles. The van der Waals surface area contributed by atoms with Crippen LogP contribution in [0.3, 0.4) is 0 Å².